The summed E-state index contributed by atoms with van der Waals surface area (Å²) in [6.07, 6.45) is 4.02. The lowest BCUT2D eigenvalue weighted by Crippen LogP contribution is -2.35. The summed E-state index contributed by atoms with van der Waals surface area (Å²) in [6, 6.07) is 14.1. The number of halogens is 1. The van der Waals surface area contributed by atoms with Crippen LogP contribution in [0.3, 0.4) is 0 Å². The van der Waals surface area contributed by atoms with Gasteiger partial charge in [0.05, 0.1) is 18.2 Å². The topological polar surface area (TPSA) is 42.0 Å². The van der Waals surface area contributed by atoms with Gasteiger partial charge in [0.15, 0.2) is 11.5 Å². The van der Waals surface area contributed by atoms with Gasteiger partial charge in [-0.1, -0.05) is 41.9 Å². The Morgan fingerprint density at radius 3 is 2.67 bits per heavy atom. The number of ether oxygens (including phenoxy) is 2. The molecule has 2 aromatic rings. The summed E-state index contributed by atoms with van der Waals surface area (Å²) in [6.45, 7) is 5.64. The van der Waals surface area contributed by atoms with Crippen LogP contribution in [0.2, 0.25) is 5.02 Å². The first kappa shape index (κ1) is 21.0. The van der Waals surface area contributed by atoms with E-state index in [2.05, 4.69) is 35.2 Å². The number of hydrogen-bond donors (Lipinski definition) is 0. The van der Waals surface area contributed by atoms with Crippen molar-refractivity contribution in [1.82, 2.24) is 9.80 Å². The van der Waals surface area contributed by atoms with E-state index >= 15 is 0 Å². The van der Waals surface area contributed by atoms with E-state index in [1.807, 2.05) is 4.90 Å². The van der Waals surface area contributed by atoms with Crippen LogP contribution in [0, 0.1) is 0 Å². The fraction of sp³-hybridized carbons (Fsp3) is 0.458. The molecule has 160 valence electrons. The van der Waals surface area contributed by atoms with Crippen LogP contribution in [0.4, 0.5) is 0 Å². The van der Waals surface area contributed by atoms with Crippen LogP contribution in [0.15, 0.2) is 42.5 Å². The first-order valence-corrected chi connectivity index (χ1v) is 11.2. The normalized spacial score (nSPS) is 17.3. The molecule has 1 saturated heterocycles. The molecule has 0 bridgehead atoms. The number of aryl methyl sites for hydroxylation is 1. The number of hydrogen-bond acceptors (Lipinski definition) is 4. The van der Waals surface area contributed by atoms with E-state index in [4.69, 9.17) is 21.1 Å². The minimum atomic E-state index is 0.0127. The highest BCUT2D eigenvalue weighted by Gasteiger charge is 2.23. The Morgan fingerprint density at radius 2 is 1.80 bits per heavy atom. The molecule has 1 amide bonds. The Morgan fingerprint density at radius 1 is 0.967 bits per heavy atom. The zero-order valence-corrected chi connectivity index (χ0v) is 18.1. The predicted molar refractivity (Wildman–Crippen MR) is 119 cm³/mol. The molecule has 0 radical (unpaired) electrons. The lowest BCUT2D eigenvalue weighted by molar-refractivity contribution is 0.0761. The van der Waals surface area contributed by atoms with Gasteiger partial charge in [-0.2, -0.15) is 0 Å². The molecule has 2 aliphatic heterocycles. The maximum atomic E-state index is 13.1. The van der Waals surface area contributed by atoms with Crippen molar-refractivity contribution in [3.63, 3.8) is 0 Å². The van der Waals surface area contributed by atoms with Gasteiger partial charge >= 0.3 is 0 Å². The van der Waals surface area contributed by atoms with Crippen LogP contribution in [0.1, 0.15) is 35.2 Å². The summed E-state index contributed by atoms with van der Waals surface area (Å²) >= 11 is 6.38. The van der Waals surface area contributed by atoms with Crippen molar-refractivity contribution < 1.29 is 14.3 Å². The molecule has 0 spiro atoms. The minimum absolute atomic E-state index is 0.0127. The highest BCUT2D eigenvalue weighted by Crippen LogP contribution is 2.38. The van der Waals surface area contributed by atoms with Gasteiger partial charge in [-0.05, 0) is 50.0 Å². The van der Waals surface area contributed by atoms with Gasteiger partial charge in [0, 0.05) is 31.6 Å². The highest BCUT2D eigenvalue weighted by molar-refractivity contribution is 6.32. The van der Waals surface area contributed by atoms with Crippen molar-refractivity contribution in [1.29, 1.82) is 0 Å². The summed E-state index contributed by atoms with van der Waals surface area (Å²) in [7, 11) is 0. The van der Waals surface area contributed by atoms with Crippen molar-refractivity contribution in [2.45, 2.75) is 25.7 Å². The maximum absolute atomic E-state index is 13.1. The quantitative estimate of drug-likeness (QED) is 0.712. The third-order valence-corrected chi connectivity index (χ3v) is 5.99. The third kappa shape index (κ3) is 5.27. The molecule has 6 heteroatoms. The molecule has 2 aromatic carbocycles. The van der Waals surface area contributed by atoms with Gasteiger partial charge in [0.2, 0.25) is 0 Å². The highest BCUT2D eigenvalue weighted by atomic mass is 35.5. The van der Waals surface area contributed by atoms with Crippen molar-refractivity contribution in [2.75, 3.05) is 45.9 Å². The standard InChI is InChI=1S/C24H29ClN2O3/c25-21-17-20(18-22-23(21)30-16-6-15-29-22)24(28)27-12-5-11-26(13-14-27)10-4-9-19-7-2-1-3-8-19/h1-3,7-8,17-18H,4-6,9-16H2. The van der Waals surface area contributed by atoms with Gasteiger partial charge < -0.3 is 19.3 Å². The molecule has 0 atom stereocenters. The Bertz CT molecular complexity index is 859. The van der Waals surface area contributed by atoms with Crippen LogP contribution in [0.5, 0.6) is 11.5 Å². The molecule has 0 aromatic heterocycles. The van der Waals surface area contributed by atoms with Crippen molar-refractivity contribution in [2.24, 2.45) is 0 Å². The number of fused-ring (bicyclic) bond motifs is 1. The van der Waals surface area contributed by atoms with E-state index in [0.717, 1.165) is 58.4 Å². The smallest absolute Gasteiger partial charge is 0.254 e. The van der Waals surface area contributed by atoms with Crippen LogP contribution < -0.4 is 9.47 Å². The number of carbonyl (C=O) groups excluding carboxylic acids is 1. The van der Waals surface area contributed by atoms with Gasteiger partial charge in [-0.3, -0.25) is 4.79 Å². The second-order valence-corrected chi connectivity index (χ2v) is 8.32. The summed E-state index contributed by atoms with van der Waals surface area (Å²) in [5, 5.41) is 0.440. The van der Waals surface area contributed by atoms with Gasteiger partial charge in [-0.15, -0.1) is 0 Å². The Labute approximate surface area is 183 Å². The molecule has 30 heavy (non-hydrogen) atoms. The molecule has 0 N–H and O–H groups in total. The average molecular weight is 429 g/mol. The molecule has 5 nitrogen and oxygen atoms in total. The molecule has 0 saturated carbocycles. The number of carbonyl (C=O) groups is 1. The van der Waals surface area contributed by atoms with Crippen LogP contribution >= 0.6 is 11.6 Å². The number of benzene rings is 2. The molecular weight excluding hydrogens is 400 g/mol. The average Bonchev–Trinajstić information content (AvgIpc) is 3.15. The summed E-state index contributed by atoms with van der Waals surface area (Å²) in [5.74, 6) is 1.13. The van der Waals surface area contributed by atoms with Crippen LogP contribution in [0.25, 0.3) is 0 Å². The second-order valence-electron chi connectivity index (χ2n) is 7.91. The van der Waals surface area contributed by atoms with E-state index in [-0.39, 0.29) is 5.91 Å². The minimum Gasteiger partial charge on any atom is -0.489 e. The number of rotatable bonds is 5. The lowest BCUT2D eigenvalue weighted by atomic mass is 10.1. The van der Waals surface area contributed by atoms with E-state index < -0.39 is 0 Å². The fourth-order valence-corrected chi connectivity index (χ4v) is 4.35. The van der Waals surface area contributed by atoms with E-state index in [1.165, 1.54) is 5.56 Å². The largest absolute Gasteiger partial charge is 0.489 e. The molecular formula is C24H29ClN2O3. The van der Waals surface area contributed by atoms with Crippen molar-refractivity contribution in [3.8, 4) is 11.5 Å². The number of amides is 1. The molecule has 1 fully saturated rings. The van der Waals surface area contributed by atoms with E-state index in [9.17, 15) is 4.79 Å². The van der Waals surface area contributed by atoms with Gasteiger partial charge in [-0.25, -0.2) is 0 Å². The zero-order chi connectivity index (χ0) is 20.8. The van der Waals surface area contributed by atoms with Gasteiger partial charge in [0.1, 0.15) is 0 Å². The van der Waals surface area contributed by atoms with Crippen LogP contribution in [-0.4, -0.2) is 61.6 Å². The third-order valence-electron chi connectivity index (χ3n) is 5.71. The molecule has 0 aliphatic carbocycles. The summed E-state index contributed by atoms with van der Waals surface area (Å²) < 4.78 is 11.4. The first-order valence-electron chi connectivity index (χ1n) is 10.9. The van der Waals surface area contributed by atoms with Gasteiger partial charge in [0.25, 0.3) is 5.91 Å². The van der Waals surface area contributed by atoms with E-state index in [0.29, 0.717) is 35.3 Å². The first-order chi connectivity index (χ1) is 14.7. The molecule has 2 heterocycles. The summed E-state index contributed by atoms with van der Waals surface area (Å²) in [5.41, 5.74) is 1.96. The van der Waals surface area contributed by atoms with Crippen molar-refractivity contribution in [3.05, 3.63) is 58.6 Å². The second kappa shape index (κ2) is 10.2. The van der Waals surface area contributed by atoms with Crippen molar-refractivity contribution >= 4 is 17.5 Å². The molecule has 0 unspecified atom stereocenters. The Hall–Kier alpha value is -2.24. The predicted octanol–water partition coefficient (Wildman–Crippen LogP) is 4.28. The molecule has 4 rings (SSSR count). The maximum Gasteiger partial charge on any atom is 0.254 e. The van der Waals surface area contributed by atoms with Crippen LogP contribution in [-0.2, 0) is 6.42 Å². The molecule has 2 aliphatic rings. The SMILES string of the molecule is O=C(c1cc(Cl)c2c(c1)OCCCO2)N1CCCN(CCCc2ccccc2)CC1. The lowest BCUT2D eigenvalue weighted by Gasteiger charge is -2.22. The summed E-state index contributed by atoms with van der Waals surface area (Å²) in [4.78, 5) is 17.5. The Balaban J connectivity index is 1.33. The fourth-order valence-electron chi connectivity index (χ4n) is 4.09. The van der Waals surface area contributed by atoms with E-state index in [1.54, 1.807) is 12.1 Å². The Kier molecular flexibility index (Phi) is 7.13. The number of nitrogens with zero attached hydrogens (tertiary/aromatic N) is 2. The monoisotopic (exact) mass is 428 g/mol. The zero-order valence-electron chi connectivity index (χ0n) is 17.3.